The van der Waals surface area contributed by atoms with Crippen molar-refractivity contribution in [2.45, 2.75) is 25.4 Å². The third kappa shape index (κ3) is 5.68. The highest BCUT2D eigenvalue weighted by molar-refractivity contribution is 5.83. The van der Waals surface area contributed by atoms with Gasteiger partial charge in [0.2, 0.25) is 0 Å². The van der Waals surface area contributed by atoms with Gasteiger partial charge >= 0.3 is 5.97 Å². The minimum atomic E-state index is -0.801. The largest absolute Gasteiger partial charge is 0.497 e. The lowest BCUT2D eigenvalue weighted by molar-refractivity contribution is -0.146. The molecule has 3 atom stereocenters. The Hall–Kier alpha value is -3.54. The molecule has 0 spiro atoms. The van der Waals surface area contributed by atoms with Gasteiger partial charge in [0, 0.05) is 30.5 Å². The Morgan fingerprint density at radius 3 is 2.91 bits per heavy atom. The first-order chi connectivity index (χ1) is 16.5. The number of carbonyl (C=O) groups is 1. The predicted octanol–water partition coefficient (Wildman–Crippen LogP) is 2.92. The highest BCUT2D eigenvalue weighted by atomic mass is 16.5. The van der Waals surface area contributed by atoms with E-state index in [4.69, 9.17) is 4.74 Å². The third-order valence-corrected chi connectivity index (χ3v) is 6.39. The molecule has 3 heterocycles. The van der Waals surface area contributed by atoms with Crippen LogP contribution in [0.4, 0.5) is 0 Å². The number of methoxy groups -OCH3 is 1. The molecule has 0 radical (unpaired) electrons. The summed E-state index contributed by atoms with van der Waals surface area (Å²) in [6, 6.07) is 7.41. The number of hydrogen-bond acceptors (Lipinski definition) is 7. The normalized spacial score (nSPS) is 19.2. The maximum atomic E-state index is 12.0. The summed E-state index contributed by atoms with van der Waals surface area (Å²) in [5, 5.41) is 21.7. The van der Waals surface area contributed by atoms with E-state index in [9.17, 15) is 15.0 Å². The average molecular weight is 461 g/mol. The molecule has 1 aromatic carbocycles. The molecule has 8 heteroatoms. The van der Waals surface area contributed by atoms with Crippen LogP contribution < -0.4 is 4.74 Å². The lowest BCUT2D eigenvalue weighted by Gasteiger charge is -2.36. The number of nitrogens with zero attached hydrogens (tertiary/aromatic N) is 4. The number of piperidine rings is 1. The summed E-state index contributed by atoms with van der Waals surface area (Å²) in [6.45, 7) is 1.70. The van der Waals surface area contributed by atoms with Gasteiger partial charge in [0.15, 0.2) is 0 Å². The smallest absolute Gasteiger partial charge is 0.308 e. The molecule has 1 fully saturated rings. The lowest BCUT2D eigenvalue weighted by Crippen LogP contribution is -2.44. The molecule has 1 aliphatic heterocycles. The van der Waals surface area contributed by atoms with E-state index >= 15 is 0 Å². The summed E-state index contributed by atoms with van der Waals surface area (Å²) in [5.74, 6) is 5.45. The number of likely N-dealkylation sites (tertiary alicyclic amines) is 1. The van der Waals surface area contributed by atoms with E-state index in [1.165, 1.54) is 0 Å². The SMILES string of the molecule is COc1ccc2nccc([C@H](O)CC[C@@H]3CCN(CC#Cc4cnccn4)C[C@@H]3C(=O)O)c2c1. The number of pyridine rings is 1. The summed E-state index contributed by atoms with van der Waals surface area (Å²) in [5.41, 5.74) is 2.17. The Kier molecular flexibility index (Phi) is 7.68. The number of aliphatic carboxylic acids is 1. The number of rotatable bonds is 7. The zero-order valence-corrected chi connectivity index (χ0v) is 19.1. The number of aromatic nitrogens is 3. The van der Waals surface area contributed by atoms with Gasteiger partial charge in [-0.3, -0.25) is 19.7 Å². The number of ether oxygens (including phenoxy) is 1. The highest BCUT2D eigenvalue weighted by Crippen LogP contribution is 2.33. The maximum absolute atomic E-state index is 12.0. The minimum absolute atomic E-state index is 0.000938. The van der Waals surface area contributed by atoms with Gasteiger partial charge in [0.05, 0.1) is 37.4 Å². The number of hydrogen-bond donors (Lipinski definition) is 2. The van der Waals surface area contributed by atoms with Gasteiger partial charge < -0.3 is 14.9 Å². The monoisotopic (exact) mass is 460 g/mol. The molecule has 2 N–H and O–H groups in total. The van der Waals surface area contributed by atoms with Gasteiger partial charge in [0.25, 0.3) is 0 Å². The number of carboxylic acids is 1. The maximum Gasteiger partial charge on any atom is 0.308 e. The van der Waals surface area contributed by atoms with Crippen LogP contribution in [0, 0.1) is 23.7 Å². The van der Waals surface area contributed by atoms with Gasteiger partial charge in [0.1, 0.15) is 11.4 Å². The Morgan fingerprint density at radius 1 is 1.26 bits per heavy atom. The number of aliphatic hydroxyl groups is 1. The topological polar surface area (TPSA) is 109 Å². The van der Waals surface area contributed by atoms with Gasteiger partial charge in [-0.1, -0.05) is 5.92 Å². The van der Waals surface area contributed by atoms with E-state index in [1.807, 2.05) is 24.3 Å². The quantitative estimate of drug-likeness (QED) is 0.518. The van der Waals surface area contributed by atoms with Crippen molar-refractivity contribution in [1.29, 1.82) is 0 Å². The van der Waals surface area contributed by atoms with Crippen molar-refractivity contribution < 1.29 is 19.7 Å². The number of aliphatic hydroxyl groups excluding tert-OH is 1. The zero-order valence-electron chi connectivity index (χ0n) is 19.1. The van der Waals surface area contributed by atoms with Crippen molar-refractivity contribution >= 4 is 16.9 Å². The molecular formula is C26H28N4O4. The zero-order chi connectivity index (χ0) is 23.9. The second-order valence-corrected chi connectivity index (χ2v) is 8.50. The van der Waals surface area contributed by atoms with Crippen molar-refractivity contribution in [3.8, 4) is 17.6 Å². The molecule has 0 unspecified atom stereocenters. The third-order valence-electron chi connectivity index (χ3n) is 6.39. The number of benzene rings is 1. The molecule has 176 valence electrons. The molecule has 8 nitrogen and oxygen atoms in total. The van der Waals surface area contributed by atoms with E-state index in [1.54, 1.807) is 31.9 Å². The molecule has 0 saturated carbocycles. The minimum Gasteiger partial charge on any atom is -0.497 e. The first kappa shape index (κ1) is 23.6. The second-order valence-electron chi connectivity index (χ2n) is 8.50. The molecule has 3 aromatic rings. The van der Waals surface area contributed by atoms with Crippen LogP contribution in [0.25, 0.3) is 10.9 Å². The van der Waals surface area contributed by atoms with E-state index in [0.717, 1.165) is 29.4 Å². The van der Waals surface area contributed by atoms with Crippen molar-refractivity contribution in [2.24, 2.45) is 11.8 Å². The molecule has 2 aromatic heterocycles. The van der Waals surface area contributed by atoms with Crippen LogP contribution >= 0.6 is 0 Å². The molecule has 0 aliphatic carbocycles. The number of carboxylic acid groups (broad SMARTS) is 1. The van der Waals surface area contributed by atoms with Gasteiger partial charge in [-0.25, -0.2) is 4.98 Å². The van der Waals surface area contributed by atoms with Crippen molar-refractivity contribution in [3.05, 3.63) is 60.3 Å². The summed E-state index contributed by atoms with van der Waals surface area (Å²) >= 11 is 0. The van der Waals surface area contributed by atoms with Crippen molar-refractivity contribution in [3.63, 3.8) is 0 Å². The van der Waals surface area contributed by atoms with E-state index in [0.29, 0.717) is 37.4 Å². The van der Waals surface area contributed by atoms with Crippen LogP contribution in [0.15, 0.2) is 49.1 Å². The fourth-order valence-electron chi connectivity index (χ4n) is 4.53. The fraction of sp³-hybridized carbons (Fsp3) is 0.385. The number of fused-ring (bicyclic) bond motifs is 1. The van der Waals surface area contributed by atoms with Gasteiger partial charge in [-0.15, -0.1) is 0 Å². The average Bonchev–Trinajstić information content (AvgIpc) is 2.87. The highest BCUT2D eigenvalue weighted by Gasteiger charge is 2.34. The Bertz CT molecular complexity index is 1190. The molecule has 0 bridgehead atoms. The fourth-order valence-corrected chi connectivity index (χ4v) is 4.53. The van der Waals surface area contributed by atoms with E-state index in [-0.39, 0.29) is 5.92 Å². The van der Waals surface area contributed by atoms with Crippen LogP contribution in [0.5, 0.6) is 5.75 Å². The standard InChI is InChI=1S/C26H28N4O4/c1-34-20-5-6-24-22(15-20)21(8-10-29-24)25(31)7-4-18-9-14-30(17-23(18)26(32)33)13-2-3-19-16-27-11-12-28-19/h5-6,8,10-12,15-16,18,23,25,31H,4,7,9,13-14,17H2,1H3,(H,32,33)/t18-,23+,25-/m1/s1. The van der Waals surface area contributed by atoms with Crippen molar-refractivity contribution in [2.75, 3.05) is 26.7 Å². The van der Waals surface area contributed by atoms with E-state index in [2.05, 4.69) is 31.7 Å². The van der Waals surface area contributed by atoms with Crippen LogP contribution in [0.3, 0.4) is 0 Å². The van der Waals surface area contributed by atoms with Crippen LogP contribution in [0.2, 0.25) is 0 Å². The molecular weight excluding hydrogens is 432 g/mol. The summed E-state index contributed by atoms with van der Waals surface area (Å²) in [4.78, 5) is 26.6. The summed E-state index contributed by atoms with van der Waals surface area (Å²) in [6.07, 6.45) is 7.64. The molecule has 1 saturated heterocycles. The molecule has 34 heavy (non-hydrogen) atoms. The van der Waals surface area contributed by atoms with Crippen LogP contribution in [-0.2, 0) is 4.79 Å². The second kappa shape index (κ2) is 11.1. The van der Waals surface area contributed by atoms with Gasteiger partial charge in [-0.2, -0.15) is 0 Å². The molecule has 1 aliphatic rings. The van der Waals surface area contributed by atoms with Gasteiger partial charge in [-0.05, 0) is 67.5 Å². The summed E-state index contributed by atoms with van der Waals surface area (Å²) < 4.78 is 5.32. The van der Waals surface area contributed by atoms with Crippen LogP contribution in [-0.4, -0.2) is 62.8 Å². The Balaban J connectivity index is 1.38. The molecule has 0 amide bonds. The van der Waals surface area contributed by atoms with Crippen molar-refractivity contribution in [1.82, 2.24) is 19.9 Å². The first-order valence-corrected chi connectivity index (χ1v) is 11.4. The Labute approximate surface area is 198 Å². The van der Waals surface area contributed by atoms with Crippen LogP contribution in [0.1, 0.15) is 36.6 Å². The molecule has 4 rings (SSSR count). The Morgan fingerprint density at radius 2 is 2.15 bits per heavy atom. The summed E-state index contributed by atoms with van der Waals surface area (Å²) in [7, 11) is 1.60. The predicted molar refractivity (Wildman–Crippen MR) is 127 cm³/mol. The lowest BCUT2D eigenvalue weighted by atomic mass is 9.81. The van der Waals surface area contributed by atoms with E-state index < -0.39 is 18.0 Å². The first-order valence-electron chi connectivity index (χ1n) is 11.4.